The normalized spacial score (nSPS) is 10.2. The van der Waals surface area contributed by atoms with Crippen LogP contribution in [0.2, 0.25) is 0 Å². The molecule has 4 heteroatoms. The predicted molar refractivity (Wildman–Crippen MR) is 31.4 cm³/mol. The molecule has 1 heterocycles. The maximum atomic E-state index is 8.04. The maximum Gasteiger partial charge on any atom is 0.0750 e. The summed E-state index contributed by atoms with van der Waals surface area (Å²) in [5, 5.41) is 17.9. The fourth-order valence-corrected chi connectivity index (χ4v) is 0.444. The molecule has 0 radical (unpaired) electrons. The monoisotopic (exact) mass is 123 g/mol. The van der Waals surface area contributed by atoms with Gasteiger partial charge in [-0.3, -0.25) is 0 Å². The van der Waals surface area contributed by atoms with Gasteiger partial charge in [-0.25, -0.2) is 0 Å². The lowest BCUT2D eigenvalue weighted by Crippen LogP contribution is -1.83. The summed E-state index contributed by atoms with van der Waals surface area (Å²) in [5.74, 6) is 0. The van der Waals surface area contributed by atoms with Gasteiger partial charge in [0.05, 0.1) is 18.6 Å². The molecular weight excluding hydrogens is 118 g/mol. The van der Waals surface area contributed by atoms with E-state index >= 15 is 0 Å². The lowest BCUT2D eigenvalue weighted by Gasteiger charge is -1.83. The number of hydrogen-bond donors (Lipinski definition) is 1. The van der Waals surface area contributed by atoms with Gasteiger partial charge in [0.15, 0.2) is 0 Å². The van der Waals surface area contributed by atoms with E-state index in [1.165, 1.54) is 18.6 Å². The summed E-state index contributed by atoms with van der Waals surface area (Å²) in [7, 11) is 0. The standard InChI is InChI=1S/C5H5N3O/c9-8-4-5-1-2-6-7-3-5/h1-4,9H/b8-4-. The third-order valence-electron chi connectivity index (χ3n) is 0.814. The molecule has 0 saturated heterocycles. The van der Waals surface area contributed by atoms with Crippen LogP contribution in [0, 0.1) is 0 Å². The Kier molecular flexibility index (Phi) is 1.74. The van der Waals surface area contributed by atoms with E-state index in [-0.39, 0.29) is 0 Å². The minimum atomic E-state index is 0.729. The molecule has 0 unspecified atom stereocenters. The molecule has 0 amide bonds. The van der Waals surface area contributed by atoms with Crippen molar-refractivity contribution in [3.63, 3.8) is 0 Å². The van der Waals surface area contributed by atoms with Crippen LogP contribution in [-0.2, 0) is 0 Å². The van der Waals surface area contributed by atoms with Crippen LogP contribution in [-0.4, -0.2) is 21.6 Å². The molecule has 46 valence electrons. The zero-order chi connectivity index (χ0) is 6.53. The number of rotatable bonds is 1. The largest absolute Gasteiger partial charge is 0.411 e. The first-order chi connectivity index (χ1) is 4.43. The molecule has 0 aliphatic carbocycles. The molecule has 1 aromatic rings. The minimum absolute atomic E-state index is 0.729. The molecular formula is C5H5N3O. The summed E-state index contributed by atoms with van der Waals surface area (Å²) in [6.45, 7) is 0. The maximum absolute atomic E-state index is 8.04. The Morgan fingerprint density at radius 3 is 3.00 bits per heavy atom. The molecule has 0 spiro atoms. The van der Waals surface area contributed by atoms with Gasteiger partial charge in [0.25, 0.3) is 0 Å². The fraction of sp³-hybridized carbons (Fsp3) is 0. The molecule has 1 rings (SSSR count). The van der Waals surface area contributed by atoms with Gasteiger partial charge in [0.2, 0.25) is 0 Å². The van der Waals surface area contributed by atoms with Crippen LogP contribution < -0.4 is 0 Å². The smallest absolute Gasteiger partial charge is 0.0750 e. The molecule has 0 fully saturated rings. The minimum Gasteiger partial charge on any atom is -0.411 e. The zero-order valence-corrected chi connectivity index (χ0v) is 4.60. The first-order valence-corrected chi connectivity index (χ1v) is 2.37. The quantitative estimate of drug-likeness (QED) is 0.331. The molecule has 0 saturated carbocycles. The molecule has 9 heavy (non-hydrogen) atoms. The summed E-state index contributed by atoms with van der Waals surface area (Å²) in [6.07, 6.45) is 4.31. The van der Waals surface area contributed by atoms with Crippen molar-refractivity contribution in [3.05, 3.63) is 24.0 Å². The summed E-state index contributed by atoms with van der Waals surface area (Å²) in [4.78, 5) is 0. The number of aromatic nitrogens is 2. The molecule has 0 aliphatic rings. The summed E-state index contributed by atoms with van der Waals surface area (Å²) in [6, 6.07) is 1.69. The fourth-order valence-electron chi connectivity index (χ4n) is 0.444. The van der Waals surface area contributed by atoms with Crippen molar-refractivity contribution in [2.75, 3.05) is 0 Å². The summed E-state index contributed by atoms with van der Waals surface area (Å²) >= 11 is 0. The van der Waals surface area contributed by atoms with Crippen LogP contribution in [0.25, 0.3) is 0 Å². The average Bonchev–Trinajstić information content (AvgIpc) is 1.91. The lowest BCUT2D eigenvalue weighted by atomic mass is 10.3. The van der Waals surface area contributed by atoms with Crippen molar-refractivity contribution < 1.29 is 5.21 Å². The Hall–Kier alpha value is -1.45. The van der Waals surface area contributed by atoms with E-state index in [1.807, 2.05) is 0 Å². The SMILES string of the molecule is O/N=C\c1ccnnc1. The average molecular weight is 123 g/mol. The molecule has 0 bridgehead atoms. The van der Waals surface area contributed by atoms with Gasteiger partial charge in [-0.2, -0.15) is 10.2 Å². The summed E-state index contributed by atoms with van der Waals surface area (Å²) in [5.41, 5.74) is 0.729. The Morgan fingerprint density at radius 1 is 1.56 bits per heavy atom. The Labute approximate surface area is 51.8 Å². The van der Waals surface area contributed by atoms with Crippen LogP contribution >= 0.6 is 0 Å². The molecule has 0 aliphatic heterocycles. The molecule has 1 N–H and O–H groups in total. The van der Waals surface area contributed by atoms with E-state index in [1.54, 1.807) is 6.07 Å². The number of oxime groups is 1. The number of hydrogen-bond acceptors (Lipinski definition) is 4. The van der Waals surface area contributed by atoms with E-state index in [4.69, 9.17) is 5.21 Å². The second-order valence-electron chi connectivity index (χ2n) is 1.42. The second kappa shape index (κ2) is 2.76. The molecule has 0 aromatic carbocycles. The van der Waals surface area contributed by atoms with E-state index in [0.717, 1.165) is 5.56 Å². The van der Waals surface area contributed by atoms with E-state index in [2.05, 4.69) is 15.4 Å². The summed E-state index contributed by atoms with van der Waals surface area (Å²) < 4.78 is 0. The van der Waals surface area contributed by atoms with Gasteiger partial charge in [-0.1, -0.05) is 5.16 Å². The number of nitrogens with zero attached hydrogens (tertiary/aromatic N) is 3. The third kappa shape index (κ3) is 1.49. The van der Waals surface area contributed by atoms with E-state index in [0.29, 0.717) is 0 Å². The Bertz CT molecular complexity index is 197. The third-order valence-corrected chi connectivity index (χ3v) is 0.814. The Morgan fingerprint density at radius 2 is 2.44 bits per heavy atom. The lowest BCUT2D eigenvalue weighted by molar-refractivity contribution is 0.322. The van der Waals surface area contributed by atoms with Crippen LogP contribution in [0.4, 0.5) is 0 Å². The Balaban J connectivity index is 2.85. The van der Waals surface area contributed by atoms with Gasteiger partial charge < -0.3 is 5.21 Å². The van der Waals surface area contributed by atoms with Gasteiger partial charge >= 0.3 is 0 Å². The van der Waals surface area contributed by atoms with Crippen molar-refractivity contribution in [3.8, 4) is 0 Å². The highest BCUT2D eigenvalue weighted by molar-refractivity contribution is 5.78. The van der Waals surface area contributed by atoms with Crippen molar-refractivity contribution >= 4 is 6.21 Å². The topological polar surface area (TPSA) is 58.4 Å². The molecule has 1 aromatic heterocycles. The van der Waals surface area contributed by atoms with Crippen LogP contribution in [0.5, 0.6) is 0 Å². The van der Waals surface area contributed by atoms with E-state index < -0.39 is 0 Å². The van der Waals surface area contributed by atoms with Crippen molar-refractivity contribution in [2.45, 2.75) is 0 Å². The van der Waals surface area contributed by atoms with Gasteiger partial charge in [-0.05, 0) is 6.07 Å². The van der Waals surface area contributed by atoms with Crippen molar-refractivity contribution in [2.24, 2.45) is 5.16 Å². The molecule has 0 atom stereocenters. The van der Waals surface area contributed by atoms with Gasteiger partial charge in [-0.15, -0.1) is 0 Å². The van der Waals surface area contributed by atoms with Crippen LogP contribution in [0.1, 0.15) is 5.56 Å². The van der Waals surface area contributed by atoms with Crippen molar-refractivity contribution in [1.29, 1.82) is 0 Å². The highest BCUT2D eigenvalue weighted by Crippen LogP contribution is 1.86. The zero-order valence-electron chi connectivity index (χ0n) is 4.60. The predicted octanol–water partition coefficient (Wildman–Crippen LogP) is 0.285. The first-order valence-electron chi connectivity index (χ1n) is 2.37. The van der Waals surface area contributed by atoms with Crippen molar-refractivity contribution in [1.82, 2.24) is 10.2 Å². The van der Waals surface area contributed by atoms with Gasteiger partial charge in [0, 0.05) is 5.56 Å². The van der Waals surface area contributed by atoms with Gasteiger partial charge in [0.1, 0.15) is 0 Å². The van der Waals surface area contributed by atoms with E-state index in [9.17, 15) is 0 Å². The van der Waals surface area contributed by atoms with Crippen LogP contribution in [0.3, 0.4) is 0 Å². The second-order valence-corrected chi connectivity index (χ2v) is 1.42. The highest BCUT2D eigenvalue weighted by atomic mass is 16.4. The molecule has 4 nitrogen and oxygen atoms in total. The first kappa shape index (κ1) is 5.68. The van der Waals surface area contributed by atoms with Crippen LogP contribution in [0.15, 0.2) is 23.6 Å². The highest BCUT2D eigenvalue weighted by Gasteiger charge is 1.82.